The zero-order valence-electron chi connectivity index (χ0n) is 16.1. The van der Waals surface area contributed by atoms with Gasteiger partial charge in [0.05, 0.1) is 6.04 Å². The maximum atomic E-state index is 12.9. The van der Waals surface area contributed by atoms with E-state index in [0.717, 1.165) is 19.4 Å². The van der Waals surface area contributed by atoms with Gasteiger partial charge in [0.2, 0.25) is 6.79 Å². The minimum absolute atomic E-state index is 0.123. The van der Waals surface area contributed by atoms with Crippen LogP contribution in [0.2, 0.25) is 0 Å². The minimum Gasteiger partial charge on any atom is -0.454 e. The summed E-state index contributed by atoms with van der Waals surface area (Å²) in [4.78, 5) is 29.3. The Morgan fingerprint density at radius 1 is 1.26 bits per heavy atom. The number of likely N-dealkylation sites (N-methyl/N-ethyl adjacent to an activating group) is 1. The van der Waals surface area contributed by atoms with E-state index in [2.05, 4.69) is 6.92 Å². The average molecular weight is 370 g/mol. The largest absolute Gasteiger partial charge is 0.454 e. The van der Waals surface area contributed by atoms with E-state index in [0.29, 0.717) is 29.1 Å². The number of carbonyl (C=O) groups is 2. The van der Waals surface area contributed by atoms with E-state index in [1.165, 1.54) is 4.90 Å². The quantitative estimate of drug-likeness (QED) is 0.689. The first-order valence-electron chi connectivity index (χ1n) is 9.35. The van der Waals surface area contributed by atoms with Gasteiger partial charge in [-0.05, 0) is 44.2 Å². The number of amides is 1. The summed E-state index contributed by atoms with van der Waals surface area (Å²) in [6, 6.07) is 4.53. The number of ether oxygens (including phenoxy) is 2. The predicted octanol–water partition coefficient (Wildman–Crippen LogP) is 3.35. The molecule has 27 heavy (non-hydrogen) atoms. The van der Waals surface area contributed by atoms with Gasteiger partial charge in [0.25, 0.3) is 5.91 Å². The lowest BCUT2D eigenvalue weighted by molar-refractivity contribution is -0.127. The fourth-order valence-electron chi connectivity index (χ4n) is 3.10. The highest BCUT2D eigenvalue weighted by atomic mass is 16.7. The molecule has 0 unspecified atom stereocenters. The first-order chi connectivity index (χ1) is 13.0. The van der Waals surface area contributed by atoms with Crippen molar-refractivity contribution in [1.82, 2.24) is 9.80 Å². The molecular formula is C21H26N2O4. The summed E-state index contributed by atoms with van der Waals surface area (Å²) in [6.45, 7) is 4.94. The summed E-state index contributed by atoms with van der Waals surface area (Å²) in [6.07, 6.45) is 8.64. The Balaban J connectivity index is 1.69. The first kappa shape index (κ1) is 19.0. The average Bonchev–Trinajstić information content (AvgIpc) is 3.18. The molecule has 0 spiro atoms. The molecule has 0 bridgehead atoms. The molecule has 144 valence electrons. The molecule has 6 heteroatoms. The van der Waals surface area contributed by atoms with Crippen LogP contribution in [-0.4, -0.2) is 47.9 Å². The zero-order valence-corrected chi connectivity index (χ0v) is 16.1. The molecule has 2 aliphatic heterocycles. The fourth-order valence-corrected chi connectivity index (χ4v) is 3.10. The number of benzene rings is 1. The van der Waals surface area contributed by atoms with Crippen molar-refractivity contribution in [3.63, 3.8) is 0 Å². The van der Waals surface area contributed by atoms with E-state index >= 15 is 0 Å². The Kier molecular flexibility index (Phi) is 5.84. The molecule has 1 aromatic carbocycles. The molecule has 0 aromatic heterocycles. The minimum atomic E-state index is -0.575. The molecule has 1 atom stereocenters. The number of allylic oxidation sites excluding steroid dienone is 1. The van der Waals surface area contributed by atoms with Crippen molar-refractivity contribution in [3.05, 3.63) is 47.8 Å². The van der Waals surface area contributed by atoms with E-state index in [1.807, 2.05) is 23.4 Å². The van der Waals surface area contributed by atoms with Crippen LogP contribution in [0.5, 0.6) is 11.5 Å². The van der Waals surface area contributed by atoms with Crippen molar-refractivity contribution in [2.75, 3.05) is 20.4 Å². The highest BCUT2D eigenvalue weighted by molar-refractivity contribution is 6.04. The van der Waals surface area contributed by atoms with Crippen LogP contribution in [0.3, 0.4) is 0 Å². The summed E-state index contributed by atoms with van der Waals surface area (Å²) >= 11 is 0. The Morgan fingerprint density at radius 2 is 2.04 bits per heavy atom. The summed E-state index contributed by atoms with van der Waals surface area (Å²) in [5.74, 6) is 0.949. The van der Waals surface area contributed by atoms with E-state index in [-0.39, 0.29) is 18.5 Å². The van der Waals surface area contributed by atoms with Crippen molar-refractivity contribution in [2.24, 2.45) is 0 Å². The van der Waals surface area contributed by atoms with Crippen LogP contribution in [0, 0.1) is 0 Å². The molecule has 3 rings (SSSR count). The number of hydrogen-bond acceptors (Lipinski definition) is 5. The second-order valence-electron chi connectivity index (χ2n) is 6.86. The number of Topliss-reactive ketones (excluding diaryl/α,β-unsaturated/α-hetero) is 1. The number of ketones is 1. The maximum Gasteiger partial charge on any atom is 0.251 e. The molecule has 0 fully saturated rings. The SMILES string of the molecule is CCCCN1C=CCC(C(=O)N(C)[C@@H](C)C(=O)c2ccc3c(c2)OCO3)=C1. The number of fused-ring (bicyclic) bond motifs is 1. The van der Waals surface area contributed by atoms with Crippen LogP contribution < -0.4 is 9.47 Å². The third-order valence-corrected chi connectivity index (χ3v) is 4.94. The van der Waals surface area contributed by atoms with Crippen molar-refractivity contribution in [1.29, 1.82) is 0 Å². The van der Waals surface area contributed by atoms with Gasteiger partial charge in [0.1, 0.15) is 0 Å². The second kappa shape index (κ2) is 8.29. The van der Waals surface area contributed by atoms with Gasteiger partial charge in [0, 0.05) is 30.9 Å². The summed E-state index contributed by atoms with van der Waals surface area (Å²) in [5.41, 5.74) is 1.20. The van der Waals surface area contributed by atoms with Gasteiger partial charge in [-0.3, -0.25) is 9.59 Å². The molecule has 1 amide bonds. The molecule has 0 saturated carbocycles. The van der Waals surface area contributed by atoms with Crippen LogP contribution in [0.1, 0.15) is 43.5 Å². The Hall–Kier alpha value is -2.76. The lowest BCUT2D eigenvalue weighted by Gasteiger charge is -2.27. The van der Waals surface area contributed by atoms with E-state index in [9.17, 15) is 9.59 Å². The van der Waals surface area contributed by atoms with Crippen LogP contribution in [0.25, 0.3) is 0 Å². The van der Waals surface area contributed by atoms with E-state index in [4.69, 9.17) is 9.47 Å². The Morgan fingerprint density at radius 3 is 2.81 bits per heavy atom. The monoisotopic (exact) mass is 370 g/mol. The topological polar surface area (TPSA) is 59.1 Å². The van der Waals surface area contributed by atoms with Gasteiger partial charge in [-0.25, -0.2) is 0 Å². The molecule has 1 aromatic rings. The van der Waals surface area contributed by atoms with E-state index < -0.39 is 6.04 Å². The lowest BCUT2D eigenvalue weighted by atomic mass is 10.0. The van der Waals surface area contributed by atoms with Crippen LogP contribution >= 0.6 is 0 Å². The standard InChI is InChI=1S/C21H26N2O4/c1-4-5-10-23-11-6-7-17(13-23)21(25)22(3)15(2)20(24)16-8-9-18-19(12-16)27-14-26-18/h6,8-9,11-13,15H,4-5,7,10,14H2,1-3H3/t15-/m0/s1. The number of unbranched alkanes of at least 4 members (excludes halogenated alkanes) is 1. The van der Waals surface area contributed by atoms with Crippen LogP contribution in [0.4, 0.5) is 0 Å². The van der Waals surface area contributed by atoms with E-state index in [1.54, 1.807) is 32.2 Å². The Labute approximate surface area is 160 Å². The number of hydrogen-bond donors (Lipinski definition) is 0. The Bertz CT molecular complexity index is 784. The van der Waals surface area contributed by atoms with Gasteiger partial charge < -0.3 is 19.3 Å². The van der Waals surface area contributed by atoms with Crippen LogP contribution in [0.15, 0.2) is 42.2 Å². The van der Waals surface area contributed by atoms with Crippen molar-refractivity contribution in [2.45, 2.75) is 39.2 Å². The lowest BCUT2D eigenvalue weighted by Crippen LogP contribution is -2.41. The highest BCUT2D eigenvalue weighted by Crippen LogP contribution is 2.33. The number of carbonyl (C=O) groups excluding carboxylic acids is 2. The summed E-state index contributed by atoms with van der Waals surface area (Å²) in [7, 11) is 1.67. The van der Waals surface area contributed by atoms with Gasteiger partial charge in [0.15, 0.2) is 17.3 Å². The molecular weight excluding hydrogens is 344 g/mol. The number of nitrogens with zero attached hydrogens (tertiary/aromatic N) is 2. The molecule has 0 aliphatic carbocycles. The molecule has 0 saturated heterocycles. The van der Waals surface area contributed by atoms with Gasteiger partial charge in [-0.15, -0.1) is 0 Å². The number of rotatable bonds is 7. The molecule has 2 heterocycles. The first-order valence-corrected chi connectivity index (χ1v) is 9.35. The van der Waals surface area contributed by atoms with Gasteiger partial charge >= 0.3 is 0 Å². The molecule has 6 nitrogen and oxygen atoms in total. The third-order valence-electron chi connectivity index (χ3n) is 4.94. The molecule has 2 aliphatic rings. The van der Waals surface area contributed by atoms with Crippen molar-refractivity contribution in [3.8, 4) is 11.5 Å². The summed E-state index contributed by atoms with van der Waals surface area (Å²) in [5, 5.41) is 0. The smallest absolute Gasteiger partial charge is 0.251 e. The highest BCUT2D eigenvalue weighted by Gasteiger charge is 2.27. The fraction of sp³-hybridized carbons (Fsp3) is 0.429. The van der Waals surface area contributed by atoms with Gasteiger partial charge in [-0.2, -0.15) is 0 Å². The molecule has 0 N–H and O–H groups in total. The third kappa shape index (κ3) is 4.15. The van der Waals surface area contributed by atoms with Crippen LogP contribution in [-0.2, 0) is 4.79 Å². The summed E-state index contributed by atoms with van der Waals surface area (Å²) < 4.78 is 10.6. The van der Waals surface area contributed by atoms with Crippen molar-refractivity contribution >= 4 is 11.7 Å². The normalized spacial score (nSPS) is 16.1. The predicted molar refractivity (Wildman–Crippen MR) is 103 cm³/mol. The van der Waals surface area contributed by atoms with Gasteiger partial charge in [-0.1, -0.05) is 19.4 Å². The second-order valence-corrected chi connectivity index (χ2v) is 6.86. The maximum absolute atomic E-state index is 12.9. The molecule has 0 radical (unpaired) electrons. The van der Waals surface area contributed by atoms with Crippen molar-refractivity contribution < 1.29 is 19.1 Å². The zero-order chi connectivity index (χ0) is 19.4.